The first-order valence-electron chi connectivity index (χ1n) is 10.5. The van der Waals surface area contributed by atoms with Crippen LogP contribution in [0.2, 0.25) is 0 Å². The highest BCUT2D eigenvalue weighted by atomic mass is 32.2. The minimum Gasteiger partial charge on any atom is -0.389 e. The third kappa shape index (κ3) is 3.60. The molecule has 160 valence electrons. The third-order valence-corrected chi connectivity index (χ3v) is 8.30. The van der Waals surface area contributed by atoms with Crippen LogP contribution in [0.15, 0.2) is 30.7 Å². The van der Waals surface area contributed by atoms with Gasteiger partial charge in [-0.25, -0.2) is 13.4 Å². The molecule has 30 heavy (non-hydrogen) atoms. The molecular formula is C21H27N5O3S. The van der Waals surface area contributed by atoms with Crippen LogP contribution < -0.4 is 0 Å². The zero-order valence-electron chi connectivity index (χ0n) is 17.1. The molecule has 8 nitrogen and oxygen atoms in total. The maximum Gasteiger partial charge on any atom is 0.227 e. The predicted molar refractivity (Wildman–Crippen MR) is 116 cm³/mol. The van der Waals surface area contributed by atoms with Gasteiger partial charge in [-0.15, -0.1) is 0 Å². The van der Waals surface area contributed by atoms with Crippen LogP contribution in [-0.4, -0.2) is 75.3 Å². The fraction of sp³-hybridized carbons (Fsp3) is 0.524. The summed E-state index contributed by atoms with van der Waals surface area (Å²) in [5.41, 5.74) is 2.11. The first kappa shape index (κ1) is 19.9. The van der Waals surface area contributed by atoms with E-state index in [1.54, 1.807) is 6.92 Å². The summed E-state index contributed by atoms with van der Waals surface area (Å²) in [6, 6.07) is 4.14. The van der Waals surface area contributed by atoms with Gasteiger partial charge in [0.05, 0.1) is 17.3 Å². The lowest BCUT2D eigenvalue weighted by atomic mass is 9.87. The molecule has 1 atom stereocenters. The van der Waals surface area contributed by atoms with E-state index in [1.165, 1.54) is 9.87 Å². The van der Waals surface area contributed by atoms with Gasteiger partial charge in [0, 0.05) is 36.3 Å². The predicted octanol–water partition coefficient (Wildman–Crippen LogP) is 2.03. The van der Waals surface area contributed by atoms with E-state index < -0.39 is 15.6 Å². The van der Waals surface area contributed by atoms with Crippen LogP contribution in [-0.2, 0) is 10.0 Å². The number of hydrogen-bond acceptors (Lipinski definition) is 6. The Hall–Kier alpha value is -2.07. The van der Waals surface area contributed by atoms with E-state index in [4.69, 9.17) is 0 Å². The van der Waals surface area contributed by atoms with Gasteiger partial charge in [0.2, 0.25) is 10.0 Å². The van der Waals surface area contributed by atoms with Gasteiger partial charge in [0.25, 0.3) is 0 Å². The summed E-state index contributed by atoms with van der Waals surface area (Å²) < 4.78 is 27.0. The largest absolute Gasteiger partial charge is 0.389 e. The summed E-state index contributed by atoms with van der Waals surface area (Å²) in [6.45, 7) is 3.76. The number of H-pyrrole nitrogens is 1. The second-order valence-electron chi connectivity index (χ2n) is 8.87. The number of aromatic nitrogens is 3. The monoisotopic (exact) mass is 429 g/mol. The molecule has 2 saturated heterocycles. The molecule has 5 rings (SSSR count). The van der Waals surface area contributed by atoms with Gasteiger partial charge in [-0.1, -0.05) is 0 Å². The van der Waals surface area contributed by atoms with Gasteiger partial charge >= 0.3 is 0 Å². The normalized spacial score (nSPS) is 24.9. The molecular weight excluding hydrogens is 402 g/mol. The number of nitrogens with one attached hydrogen (secondary N) is 1. The fourth-order valence-corrected chi connectivity index (χ4v) is 6.57. The topological polar surface area (TPSA) is 102 Å². The zero-order chi connectivity index (χ0) is 20.9. The van der Waals surface area contributed by atoms with Crippen molar-refractivity contribution in [3.8, 4) is 0 Å². The molecule has 3 aromatic rings. The Bertz CT molecular complexity index is 1180. The Morgan fingerprint density at radius 3 is 2.77 bits per heavy atom. The van der Waals surface area contributed by atoms with E-state index in [1.807, 2.05) is 29.6 Å². The summed E-state index contributed by atoms with van der Waals surface area (Å²) in [4.78, 5) is 14.1. The number of pyridine rings is 2. The lowest BCUT2D eigenvalue weighted by Gasteiger charge is -2.33. The number of piperidine rings is 1. The molecule has 9 heteroatoms. The standard InChI is InChI=1S/C21H27N5O3S/c1-21(27)6-11-26(13-21)30(28,29)14-25-9-4-15(5-10-25)16-2-7-22-18-12-24-20-17(19(16)18)3-8-23-20/h2-3,7-8,12,15,27H,4-6,9-11,13-14H2,1H3,(H,23,24). The maximum atomic E-state index is 12.8. The highest BCUT2D eigenvalue weighted by Crippen LogP contribution is 2.35. The molecule has 0 bridgehead atoms. The van der Waals surface area contributed by atoms with Crippen LogP contribution in [0.1, 0.15) is 37.7 Å². The van der Waals surface area contributed by atoms with Crippen molar-refractivity contribution in [1.29, 1.82) is 0 Å². The number of nitrogens with zero attached hydrogens (tertiary/aromatic N) is 4. The summed E-state index contributed by atoms with van der Waals surface area (Å²) in [5, 5.41) is 12.3. The number of hydrogen-bond donors (Lipinski definition) is 2. The van der Waals surface area contributed by atoms with E-state index in [-0.39, 0.29) is 12.4 Å². The van der Waals surface area contributed by atoms with Crippen molar-refractivity contribution in [2.75, 3.05) is 32.1 Å². The molecule has 0 aromatic carbocycles. The van der Waals surface area contributed by atoms with Gasteiger partial charge < -0.3 is 10.1 Å². The van der Waals surface area contributed by atoms with E-state index in [0.29, 0.717) is 18.9 Å². The number of β-amino-alcohol motifs (C(OH)–C–C–N with tert-alkyl or cyclic N) is 1. The molecule has 5 heterocycles. The second-order valence-corrected chi connectivity index (χ2v) is 10.8. The molecule has 2 aliphatic rings. The van der Waals surface area contributed by atoms with Gasteiger partial charge in [-0.05, 0) is 62.9 Å². The highest BCUT2D eigenvalue weighted by molar-refractivity contribution is 7.89. The summed E-state index contributed by atoms with van der Waals surface area (Å²) in [5.74, 6) is 0.390. The number of rotatable bonds is 4. The first-order chi connectivity index (χ1) is 14.3. The molecule has 2 aliphatic heterocycles. The SMILES string of the molecule is CC1(O)CCN(S(=O)(=O)CN2CCC(c3ccnc4cnc5[nH]ccc5c34)CC2)C1. The van der Waals surface area contributed by atoms with Gasteiger partial charge in [-0.3, -0.25) is 9.88 Å². The van der Waals surface area contributed by atoms with Crippen molar-refractivity contribution in [2.45, 2.75) is 37.7 Å². The number of fused-ring (bicyclic) bond motifs is 3. The molecule has 2 fully saturated rings. The van der Waals surface area contributed by atoms with Crippen molar-refractivity contribution >= 4 is 32.0 Å². The van der Waals surface area contributed by atoms with Gasteiger partial charge in [0.15, 0.2) is 0 Å². The van der Waals surface area contributed by atoms with Crippen molar-refractivity contribution in [2.24, 2.45) is 0 Å². The maximum absolute atomic E-state index is 12.8. The van der Waals surface area contributed by atoms with Crippen molar-refractivity contribution < 1.29 is 13.5 Å². The Labute approximate surface area is 176 Å². The smallest absolute Gasteiger partial charge is 0.227 e. The van der Waals surface area contributed by atoms with E-state index in [2.05, 4.69) is 21.0 Å². The van der Waals surface area contributed by atoms with Crippen molar-refractivity contribution in [3.63, 3.8) is 0 Å². The molecule has 1 unspecified atom stereocenters. The number of likely N-dealkylation sites (tertiary alicyclic amines) is 1. The average molecular weight is 430 g/mol. The molecule has 2 N–H and O–H groups in total. The lowest BCUT2D eigenvalue weighted by Crippen LogP contribution is -2.43. The molecule has 3 aromatic heterocycles. The second kappa shape index (κ2) is 7.26. The van der Waals surface area contributed by atoms with Crippen LogP contribution in [0.5, 0.6) is 0 Å². The van der Waals surface area contributed by atoms with E-state index in [0.717, 1.165) is 47.9 Å². The van der Waals surface area contributed by atoms with Crippen molar-refractivity contribution in [3.05, 3.63) is 36.3 Å². The zero-order valence-corrected chi connectivity index (χ0v) is 17.9. The number of aliphatic hydroxyl groups is 1. The van der Waals surface area contributed by atoms with Crippen LogP contribution in [0.25, 0.3) is 21.9 Å². The fourth-order valence-electron chi connectivity index (χ4n) is 4.85. The number of sulfonamides is 1. The quantitative estimate of drug-likeness (QED) is 0.658. The average Bonchev–Trinajstić information content (AvgIpc) is 3.34. The summed E-state index contributed by atoms with van der Waals surface area (Å²) in [7, 11) is -3.39. The Balaban J connectivity index is 1.32. The van der Waals surface area contributed by atoms with Crippen LogP contribution in [0, 0.1) is 0 Å². The van der Waals surface area contributed by atoms with Crippen LogP contribution in [0.4, 0.5) is 0 Å². The number of aromatic amines is 1. The molecule has 0 saturated carbocycles. The molecule has 0 radical (unpaired) electrons. The Kier molecular flexibility index (Phi) is 4.81. The Morgan fingerprint density at radius 2 is 2.03 bits per heavy atom. The van der Waals surface area contributed by atoms with Gasteiger partial charge in [0.1, 0.15) is 11.5 Å². The van der Waals surface area contributed by atoms with Crippen LogP contribution in [0.3, 0.4) is 0 Å². The summed E-state index contributed by atoms with van der Waals surface area (Å²) >= 11 is 0. The first-order valence-corrected chi connectivity index (χ1v) is 12.1. The minimum absolute atomic E-state index is 0.0267. The minimum atomic E-state index is -3.39. The molecule has 0 spiro atoms. The van der Waals surface area contributed by atoms with Crippen LogP contribution >= 0.6 is 0 Å². The molecule has 0 aliphatic carbocycles. The lowest BCUT2D eigenvalue weighted by molar-refractivity contribution is 0.0761. The van der Waals surface area contributed by atoms with Crippen molar-refractivity contribution in [1.82, 2.24) is 24.2 Å². The van der Waals surface area contributed by atoms with E-state index >= 15 is 0 Å². The third-order valence-electron chi connectivity index (χ3n) is 6.51. The molecule has 0 amide bonds. The Morgan fingerprint density at radius 1 is 1.23 bits per heavy atom. The summed E-state index contributed by atoms with van der Waals surface area (Å²) in [6.07, 6.45) is 7.85. The highest BCUT2D eigenvalue weighted by Gasteiger charge is 2.38. The van der Waals surface area contributed by atoms with Gasteiger partial charge in [-0.2, -0.15) is 4.31 Å². The van der Waals surface area contributed by atoms with E-state index in [9.17, 15) is 13.5 Å².